The standard InChI is InChI=1S/C18H21FN2/c1-12(20)9-14-7-8-18(16(19)11-14)21-13(2)10-15-5-3-4-6-17(15)21/h3-8,11-13H,9-10,20H2,1-2H3. The largest absolute Gasteiger partial charge is 0.336 e. The van der Waals surface area contributed by atoms with Gasteiger partial charge in [-0.1, -0.05) is 24.3 Å². The Bertz CT molecular complexity index is 651. The highest BCUT2D eigenvalue weighted by molar-refractivity contribution is 5.71. The van der Waals surface area contributed by atoms with Gasteiger partial charge in [0.05, 0.1) is 5.69 Å². The summed E-state index contributed by atoms with van der Waals surface area (Å²) in [5, 5.41) is 0. The summed E-state index contributed by atoms with van der Waals surface area (Å²) in [5.74, 6) is -0.170. The Balaban J connectivity index is 1.97. The van der Waals surface area contributed by atoms with Crippen LogP contribution in [0.5, 0.6) is 0 Å². The first-order chi connectivity index (χ1) is 10.1. The lowest BCUT2D eigenvalue weighted by Gasteiger charge is -2.26. The van der Waals surface area contributed by atoms with Gasteiger partial charge in [0.25, 0.3) is 0 Å². The second kappa shape index (κ2) is 5.49. The molecular formula is C18H21FN2. The van der Waals surface area contributed by atoms with Gasteiger partial charge in [0, 0.05) is 17.8 Å². The van der Waals surface area contributed by atoms with Crippen LogP contribution in [0.3, 0.4) is 0 Å². The van der Waals surface area contributed by atoms with Gasteiger partial charge in [-0.2, -0.15) is 0 Å². The lowest BCUT2D eigenvalue weighted by molar-refractivity contribution is 0.613. The number of fused-ring (bicyclic) bond motifs is 1. The van der Waals surface area contributed by atoms with Crippen molar-refractivity contribution >= 4 is 11.4 Å². The topological polar surface area (TPSA) is 29.3 Å². The Hall–Kier alpha value is -1.87. The molecule has 1 aliphatic rings. The van der Waals surface area contributed by atoms with Crippen molar-refractivity contribution in [1.82, 2.24) is 0 Å². The summed E-state index contributed by atoms with van der Waals surface area (Å²) in [5.41, 5.74) is 9.79. The van der Waals surface area contributed by atoms with Crippen LogP contribution in [0, 0.1) is 5.82 Å². The molecule has 1 heterocycles. The average Bonchev–Trinajstić information content (AvgIpc) is 2.74. The first kappa shape index (κ1) is 14.1. The van der Waals surface area contributed by atoms with Gasteiger partial charge in [-0.3, -0.25) is 0 Å². The number of hydrogen-bond acceptors (Lipinski definition) is 2. The fraction of sp³-hybridized carbons (Fsp3) is 0.333. The second-order valence-electron chi connectivity index (χ2n) is 6.02. The molecule has 0 amide bonds. The van der Waals surface area contributed by atoms with Crippen LogP contribution >= 0.6 is 0 Å². The summed E-state index contributed by atoms with van der Waals surface area (Å²) in [4.78, 5) is 2.10. The Labute approximate surface area is 125 Å². The summed E-state index contributed by atoms with van der Waals surface area (Å²) >= 11 is 0. The highest BCUT2D eigenvalue weighted by Crippen LogP contribution is 2.39. The molecule has 2 nitrogen and oxygen atoms in total. The maximum atomic E-state index is 14.5. The van der Waals surface area contributed by atoms with Crippen molar-refractivity contribution in [3.8, 4) is 0 Å². The number of rotatable bonds is 3. The van der Waals surface area contributed by atoms with E-state index in [-0.39, 0.29) is 17.9 Å². The molecule has 0 aliphatic carbocycles. The fourth-order valence-corrected chi connectivity index (χ4v) is 3.18. The molecule has 3 rings (SSSR count). The average molecular weight is 284 g/mol. The van der Waals surface area contributed by atoms with Crippen LogP contribution in [0.15, 0.2) is 42.5 Å². The third-order valence-corrected chi connectivity index (χ3v) is 4.04. The molecule has 0 spiro atoms. The first-order valence-electron chi connectivity index (χ1n) is 7.47. The van der Waals surface area contributed by atoms with Gasteiger partial charge in [0.15, 0.2) is 0 Å². The van der Waals surface area contributed by atoms with Gasteiger partial charge in [-0.25, -0.2) is 4.39 Å². The predicted octanol–water partition coefficient (Wildman–Crippen LogP) is 3.80. The monoisotopic (exact) mass is 284 g/mol. The van der Waals surface area contributed by atoms with E-state index in [9.17, 15) is 4.39 Å². The van der Waals surface area contributed by atoms with E-state index in [2.05, 4.69) is 24.0 Å². The number of nitrogens with zero attached hydrogens (tertiary/aromatic N) is 1. The number of hydrogen-bond donors (Lipinski definition) is 1. The van der Waals surface area contributed by atoms with Crippen LogP contribution in [0.1, 0.15) is 25.0 Å². The zero-order valence-corrected chi connectivity index (χ0v) is 12.5. The molecule has 0 fully saturated rings. The molecule has 21 heavy (non-hydrogen) atoms. The molecule has 2 aromatic carbocycles. The van der Waals surface area contributed by atoms with E-state index in [1.54, 1.807) is 6.07 Å². The summed E-state index contributed by atoms with van der Waals surface area (Å²) in [6, 6.07) is 14.0. The van der Waals surface area contributed by atoms with Crippen LogP contribution in [-0.2, 0) is 12.8 Å². The van der Waals surface area contributed by atoms with Gasteiger partial charge in [-0.05, 0) is 56.0 Å². The van der Waals surface area contributed by atoms with Crippen molar-refractivity contribution in [1.29, 1.82) is 0 Å². The van der Waals surface area contributed by atoms with Gasteiger partial charge in [-0.15, -0.1) is 0 Å². The van der Waals surface area contributed by atoms with Gasteiger partial charge in [0.1, 0.15) is 5.82 Å². The van der Waals surface area contributed by atoms with Crippen LogP contribution in [0.4, 0.5) is 15.8 Å². The van der Waals surface area contributed by atoms with Crippen LogP contribution in [0.2, 0.25) is 0 Å². The van der Waals surface area contributed by atoms with E-state index in [4.69, 9.17) is 5.73 Å². The van der Waals surface area contributed by atoms with E-state index in [1.807, 2.05) is 31.2 Å². The lowest BCUT2D eigenvalue weighted by atomic mass is 10.1. The molecule has 1 aliphatic heterocycles. The van der Waals surface area contributed by atoms with Crippen molar-refractivity contribution < 1.29 is 4.39 Å². The van der Waals surface area contributed by atoms with E-state index in [0.29, 0.717) is 12.1 Å². The lowest BCUT2D eigenvalue weighted by Crippen LogP contribution is -2.25. The highest BCUT2D eigenvalue weighted by Gasteiger charge is 2.28. The molecule has 0 saturated carbocycles. The highest BCUT2D eigenvalue weighted by atomic mass is 19.1. The molecule has 0 radical (unpaired) electrons. The zero-order valence-electron chi connectivity index (χ0n) is 12.5. The quantitative estimate of drug-likeness (QED) is 0.929. The number of halogens is 1. The minimum Gasteiger partial charge on any atom is -0.336 e. The van der Waals surface area contributed by atoms with Gasteiger partial charge >= 0.3 is 0 Å². The Morgan fingerprint density at radius 2 is 2.00 bits per heavy atom. The Kier molecular flexibility index (Phi) is 3.68. The van der Waals surface area contributed by atoms with Crippen molar-refractivity contribution in [2.24, 2.45) is 5.73 Å². The predicted molar refractivity (Wildman–Crippen MR) is 85.5 cm³/mol. The zero-order chi connectivity index (χ0) is 15.0. The molecule has 0 aromatic heterocycles. The summed E-state index contributed by atoms with van der Waals surface area (Å²) < 4.78 is 14.5. The van der Waals surface area contributed by atoms with E-state index < -0.39 is 0 Å². The molecule has 110 valence electrons. The molecule has 3 heteroatoms. The molecule has 2 atom stereocenters. The second-order valence-corrected chi connectivity index (χ2v) is 6.02. The molecule has 0 saturated heterocycles. The van der Waals surface area contributed by atoms with Crippen LogP contribution < -0.4 is 10.6 Å². The van der Waals surface area contributed by atoms with Crippen molar-refractivity contribution in [2.75, 3.05) is 4.90 Å². The third-order valence-electron chi connectivity index (χ3n) is 4.04. The van der Waals surface area contributed by atoms with Crippen molar-refractivity contribution in [3.63, 3.8) is 0 Å². The SMILES string of the molecule is CC(N)Cc1ccc(N2c3ccccc3CC2C)c(F)c1. The molecule has 2 aromatic rings. The van der Waals surface area contributed by atoms with E-state index in [1.165, 1.54) is 5.56 Å². The maximum absolute atomic E-state index is 14.5. The number of benzene rings is 2. The maximum Gasteiger partial charge on any atom is 0.147 e. The Morgan fingerprint density at radius 3 is 2.71 bits per heavy atom. The molecule has 0 bridgehead atoms. The van der Waals surface area contributed by atoms with E-state index >= 15 is 0 Å². The number of nitrogens with two attached hydrogens (primary N) is 1. The summed E-state index contributed by atoms with van der Waals surface area (Å²) in [7, 11) is 0. The normalized spacial score (nSPS) is 18.7. The van der Waals surface area contributed by atoms with Crippen LogP contribution in [-0.4, -0.2) is 12.1 Å². The first-order valence-corrected chi connectivity index (χ1v) is 7.47. The smallest absolute Gasteiger partial charge is 0.147 e. The van der Waals surface area contributed by atoms with Crippen molar-refractivity contribution in [2.45, 2.75) is 38.8 Å². The molecule has 2 unspecified atom stereocenters. The van der Waals surface area contributed by atoms with Crippen LogP contribution in [0.25, 0.3) is 0 Å². The minimum atomic E-state index is -0.170. The third kappa shape index (κ3) is 2.66. The Morgan fingerprint density at radius 1 is 1.24 bits per heavy atom. The van der Waals surface area contributed by atoms with E-state index in [0.717, 1.165) is 17.7 Å². The number of para-hydroxylation sites is 1. The summed E-state index contributed by atoms with van der Waals surface area (Å²) in [6.45, 7) is 4.07. The summed E-state index contributed by atoms with van der Waals surface area (Å²) in [6.07, 6.45) is 1.65. The fourth-order valence-electron chi connectivity index (χ4n) is 3.18. The van der Waals surface area contributed by atoms with Crippen molar-refractivity contribution in [3.05, 3.63) is 59.4 Å². The minimum absolute atomic E-state index is 0.0432. The molecular weight excluding hydrogens is 263 g/mol. The molecule has 2 N–H and O–H groups in total. The number of anilines is 2. The van der Waals surface area contributed by atoms with Gasteiger partial charge < -0.3 is 10.6 Å². The van der Waals surface area contributed by atoms with Gasteiger partial charge in [0.2, 0.25) is 0 Å².